The van der Waals surface area contributed by atoms with Crippen molar-refractivity contribution in [2.45, 2.75) is 39.8 Å². The van der Waals surface area contributed by atoms with Gasteiger partial charge >= 0.3 is 0 Å². The molecule has 0 N–H and O–H groups in total. The molecule has 0 aliphatic rings. The van der Waals surface area contributed by atoms with Crippen molar-refractivity contribution < 1.29 is 14.6 Å². The molecular weight excluding hydrogens is 336 g/mol. The summed E-state index contributed by atoms with van der Waals surface area (Å²) in [4.78, 5) is 34.1. The van der Waals surface area contributed by atoms with E-state index in [1.807, 2.05) is 13.8 Å². The zero-order chi connectivity index (χ0) is 19.3. The van der Waals surface area contributed by atoms with Gasteiger partial charge in [0.25, 0.3) is 0 Å². The van der Waals surface area contributed by atoms with E-state index in [9.17, 15) is 25.0 Å². The second-order valence-electron chi connectivity index (χ2n) is 5.90. The lowest BCUT2D eigenvalue weighted by Gasteiger charge is -2.14. The van der Waals surface area contributed by atoms with E-state index in [0.29, 0.717) is 46.2 Å². The first-order valence-corrected chi connectivity index (χ1v) is 8.38. The highest BCUT2D eigenvalue weighted by Gasteiger charge is 2.21. The van der Waals surface area contributed by atoms with Crippen LogP contribution in [-0.4, -0.2) is 15.6 Å². The van der Waals surface area contributed by atoms with Crippen LogP contribution in [0.5, 0.6) is 0 Å². The van der Waals surface area contributed by atoms with Gasteiger partial charge in [0.1, 0.15) is 0 Å². The van der Waals surface area contributed by atoms with Gasteiger partial charge in [-0.2, -0.15) is 0 Å². The number of rotatable bonds is 8. The van der Waals surface area contributed by atoms with Crippen LogP contribution >= 0.6 is 0 Å². The Morgan fingerprint density at radius 3 is 1.50 bits per heavy atom. The maximum Gasteiger partial charge on any atom is 0.229 e. The maximum atomic E-state index is 13.1. The van der Waals surface area contributed by atoms with E-state index in [-0.39, 0.29) is 18.9 Å². The van der Waals surface area contributed by atoms with Gasteiger partial charge in [0.2, 0.25) is 13.1 Å². The minimum absolute atomic E-state index is 0.255. The molecule has 136 valence electrons. The van der Waals surface area contributed by atoms with Gasteiger partial charge < -0.3 is 0 Å². The summed E-state index contributed by atoms with van der Waals surface area (Å²) in [6.45, 7) is 3.01. The van der Waals surface area contributed by atoms with Crippen LogP contribution in [0.4, 0.5) is 0 Å². The number of nitro groups is 2. The fraction of sp³-hybridized carbons (Fsp3) is 0.316. The van der Waals surface area contributed by atoms with Gasteiger partial charge in [-0.15, -0.1) is 0 Å². The molecule has 7 nitrogen and oxygen atoms in total. The molecule has 7 heteroatoms. The SMILES string of the molecule is CCc1c(C[N+](=O)[O-])cccc1C(=O)c1cccc(C[N+](=O)[O-])c1CC. The number of nitrogens with zero attached hydrogens (tertiary/aromatic N) is 2. The monoisotopic (exact) mass is 356 g/mol. The molecule has 0 aliphatic heterocycles. The zero-order valence-corrected chi connectivity index (χ0v) is 14.7. The molecule has 0 radical (unpaired) electrons. The average Bonchev–Trinajstić information content (AvgIpc) is 2.59. The van der Waals surface area contributed by atoms with Crippen molar-refractivity contribution in [3.05, 3.63) is 90.0 Å². The number of benzene rings is 2. The van der Waals surface area contributed by atoms with Crippen LogP contribution in [0.3, 0.4) is 0 Å². The second-order valence-corrected chi connectivity index (χ2v) is 5.90. The largest absolute Gasteiger partial charge is 0.289 e. The number of carbonyl (C=O) groups excluding carboxylic acids is 1. The van der Waals surface area contributed by atoms with Crippen molar-refractivity contribution in [1.29, 1.82) is 0 Å². The normalized spacial score (nSPS) is 10.5. The van der Waals surface area contributed by atoms with Crippen molar-refractivity contribution in [2.75, 3.05) is 0 Å². The number of ketones is 1. The Kier molecular flexibility index (Phi) is 6.16. The van der Waals surface area contributed by atoms with Crippen LogP contribution in [-0.2, 0) is 25.9 Å². The Hall–Kier alpha value is -3.09. The van der Waals surface area contributed by atoms with E-state index in [4.69, 9.17) is 0 Å². The standard InChI is InChI=1S/C19H20N2O5/c1-3-15-13(11-20(23)24)7-5-9-17(15)19(22)18-10-6-8-14(12-21(25)26)16(18)4-2/h5-10H,3-4,11-12H2,1-2H3. The summed E-state index contributed by atoms with van der Waals surface area (Å²) in [6, 6.07) is 9.90. The Morgan fingerprint density at radius 2 is 1.19 bits per heavy atom. The highest BCUT2D eigenvalue weighted by Crippen LogP contribution is 2.24. The summed E-state index contributed by atoms with van der Waals surface area (Å²) in [5.41, 5.74) is 3.16. The summed E-state index contributed by atoms with van der Waals surface area (Å²) in [7, 11) is 0. The predicted octanol–water partition coefficient (Wildman–Crippen LogP) is 3.60. The van der Waals surface area contributed by atoms with Crippen molar-refractivity contribution in [3.8, 4) is 0 Å². The van der Waals surface area contributed by atoms with E-state index in [0.717, 1.165) is 0 Å². The van der Waals surface area contributed by atoms with Crippen LogP contribution in [0.2, 0.25) is 0 Å². The highest BCUT2D eigenvalue weighted by atomic mass is 16.6. The first-order chi connectivity index (χ1) is 12.4. The third kappa shape index (κ3) is 4.11. The third-order valence-corrected chi connectivity index (χ3v) is 4.34. The number of hydrogen-bond donors (Lipinski definition) is 0. The van der Waals surface area contributed by atoms with Gasteiger partial charge in [0, 0.05) is 32.1 Å². The Morgan fingerprint density at radius 1 is 0.808 bits per heavy atom. The molecule has 2 aromatic carbocycles. The van der Waals surface area contributed by atoms with Crippen LogP contribution < -0.4 is 0 Å². The summed E-state index contributed by atoms with van der Waals surface area (Å²) in [5.74, 6) is -0.255. The van der Waals surface area contributed by atoms with E-state index < -0.39 is 9.85 Å². The molecule has 2 rings (SSSR count). The Labute approximate surface area is 151 Å². The molecule has 0 aliphatic carbocycles. The summed E-state index contributed by atoms with van der Waals surface area (Å²) in [6.07, 6.45) is 0.974. The van der Waals surface area contributed by atoms with Gasteiger partial charge in [-0.05, 0) is 24.0 Å². The molecule has 0 heterocycles. The minimum atomic E-state index is -0.419. The first-order valence-electron chi connectivity index (χ1n) is 8.38. The topological polar surface area (TPSA) is 103 Å². The molecule has 0 atom stereocenters. The van der Waals surface area contributed by atoms with E-state index in [2.05, 4.69) is 0 Å². The number of carbonyl (C=O) groups is 1. The molecule has 0 spiro atoms. The molecule has 26 heavy (non-hydrogen) atoms. The molecule has 2 aromatic rings. The Balaban J connectivity index is 2.56. The zero-order valence-electron chi connectivity index (χ0n) is 14.7. The van der Waals surface area contributed by atoms with Crippen LogP contribution in [0.15, 0.2) is 36.4 Å². The van der Waals surface area contributed by atoms with E-state index in [1.165, 1.54) is 0 Å². The summed E-state index contributed by atoms with van der Waals surface area (Å²) < 4.78 is 0. The second kappa shape index (κ2) is 8.33. The van der Waals surface area contributed by atoms with Crippen LogP contribution in [0, 0.1) is 20.2 Å². The quantitative estimate of drug-likeness (QED) is 0.408. The molecule has 0 unspecified atom stereocenters. The lowest BCUT2D eigenvalue weighted by molar-refractivity contribution is -0.497. The molecule has 0 saturated heterocycles. The fourth-order valence-corrected chi connectivity index (χ4v) is 3.25. The first kappa shape index (κ1) is 19.2. The molecular formula is C19H20N2O5. The minimum Gasteiger partial charge on any atom is -0.289 e. The number of hydrogen-bond acceptors (Lipinski definition) is 5. The highest BCUT2D eigenvalue weighted by molar-refractivity contribution is 6.11. The van der Waals surface area contributed by atoms with Crippen molar-refractivity contribution >= 4 is 5.78 Å². The molecule has 0 amide bonds. The van der Waals surface area contributed by atoms with Crippen molar-refractivity contribution in [1.82, 2.24) is 0 Å². The van der Waals surface area contributed by atoms with Crippen LogP contribution in [0.1, 0.15) is 52.0 Å². The van der Waals surface area contributed by atoms with Crippen molar-refractivity contribution in [2.24, 2.45) is 0 Å². The van der Waals surface area contributed by atoms with Crippen LogP contribution in [0.25, 0.3) is 0 Å². The predicted molar refractivity (Wildman–Crippen MR) is 96.5 cm³/mol. The third-order valence-electron chi connectivity index (χ3n) is 4.34. The lowest BCUT2D eigenvalue weighted by atomic mass is 9.89. The smallest absolute Gasteiger partial charge is 0.229 e. The van der Waals surface area contributed by atoms with Gasteiger partial charge in [-0.3, -0.25) is 25.0 Å². The molecule has 0 bridgehead atoms. The summed E-state index contributed by atoms with van der Waals surface area (Å²) in [5, 5.41) is 21.8. The van der Waals surface area contributed by atoms with Gasteiger partial charge in [-0.1, -0.05) is 50.2 Å². The van der Waals surface area contributed by atoms with E-state index in [1.54, 1.807) is 36.4 Å². The van der Waals surface area contributed by atoms with Gasteiger partial charge in [-0.25, -0.2) is 0 Å². The van der Waals surface area contributed by atoms with Gasteiger partial charge in [0.05, 0.1) is 0 Å². The van der Waals surface area contributed by atoms with Gasteiger partial charge in [0.15, 0.2) is 5.78 Å². The maximum absolute atomic E-state index is 13.1. The van der Waals surface area contributed by atoms with E-state index >= 15 is 0 Å². The molecule has 0 saturated carbocycles. The fourth-order valence-electron chi connectivity index (χ4n) is 3.25. The van der Waals surface area contributed by atoms with Crippen molar-refractivity contribution in [3.63, 3.8) is 0 Å². The molecule has 0 aromatic heterocycles. The lowest BCUT2D eigenvalue weighted by Crippen LogP contribution is -2.13. The summed E-state index contributed by atoms with van der Waals surface area (Å²) >= 11 is 0. The Bertz CT molecular complexity index is 792. The molecule has 0 fully saturated rings. The average molecular weight is 356 g/mol.